The Morgan fingerprint density at radius 3 is 2.59 bits per heavy atom. The van der Waals surface area contributed by atoms with Gasteiger partial charge in [-0.2, -0.15) is 5.26 Å². The van der Waals surface area contributed by atoms with Crippen molar-refractivity contribution in [1.29, 1.82) is 5.26 Å². The minimum Gasteiger partial charge on any atom is -0.493 e. The number of hydrogen-bond acceptors (Lipinski definition) is 5. The lowest BCUT2D eigenvalue weighted by Gasteiger charge is -2.12. The van der Waals surface area contributed by atoms with Gasteiger partial charge in [-0.3, -0.25) is 9.59 Å². The van der Waals surface area contributed by atoms with Crippen molar-refractivity contribution in [3.8, 4) is 17.6 Å². The number of carbonyl (C=O) groups excluding carboxylic acids is 2. The van der Waals surface area contributed by atoms with Crippen LogP contribution < -0.4 is 20.1 Å². The largest absolute Gasteiger partial charge is 0.493 e. The lowest BCUT2D eigenvalue weighted by atomic mass is 10.1. The fourth-order valence-corrected chi connectivity index (χ4v) is 2.33. The Labute approximate surface area is 169 Å². The highest BCUT2D eigenvalue weighted by Crippen LogP contribution is 2.29. The molecule has 2 rings (SSSR count). The second-order valence-corrected chi connectivity index (χ2v) is 5.78. The van der Waals surface area contributed by atoms with Gasteiger partial charge in [-0.15, -0.1) is 6.58 Å². The van der Waals surface area contributed by atoms with Gasteiger partial charge >= 0.3 is 0 Å². The van der Waals surface area contributed by atoms with E-state index in [1.165, 1.54) is 19.3 Å². The molecule has 0 spiro atoms. The first kappa shape index (κ1) is 21.3. The lowest BCUT2D eigenvalue weighted by molar-refractivity contribution is -0.118. The Bertz CT molecular complexity index is 946. The average Bonchev–Trinajstić information content (AvgIpc) is 2.75. The van der Waals surface area contributed by atoms with Crippen LogP contribution in [0, 0.1) is 11.3 Å². The zero-order valence-electron chi connectivity index (χ0n) is 16.0. The van der Waals surface area contributed by atoms with Crippen LogP contribution in [-0.2, 0) is 9.59 Å². The van der Waals surface area contributed by atoms with E-state index in [1.54, 1.807) is 30.3 Å². The molecular formula is C22H21N3O4. The summed E-state index contributed by atoms with van der Waals surface area (Å²) in [5.41, 5.74) is 1.20. The fourth-order valence-electron chi connectivity index (χ4n) is 2.33. The minimum absolute atomic E-state index is 0.0511. The molecule has 2 N–H and O–H groups in total. The number of nitrogens with one attached hydrogen (secondary N) is 2. The Balaban J connectivity index is 2.07. The molecule has 148 valence electrons. The average molecular weight is 391 g/mol. The summed E-state index contributed by atoms with van der Waals surface area (Å²) >= 11 is 0. The van der Waals surface area contributed by atoms with Gasteiger partial charge in [-0.1, -0.05) is 30.3 Å². The summed E-state index contributed by atoms with van der Waals surface area (Å²) in [5, 5.41) is 14.5. The zero-order chi connectivity index (χ0) is 21.1. The monoisotopic (exact) mass is 391 g/mol. The molecule has 0 bridgehead atoms. The predicted molar refractivity (Wildman–Crippen MR) is 110 cm³/mol. The maximum absolute atomic E-state index is 12.0. The smallest absolute Gasteiger partial charge is 0.262 e. The summed E-state index contributed by atoms with van der Waals surface area (Å²) in [7, 11) is 1.46. The van der Waals surface area contributed by atoms with E-state index in [0.717, 1.165) is 0 Å². The normalized spacial score (nSPS) is 10.4. The van der Waals surface area contributed by atoms with Crippen molar-refractivity contribution in [2.75, 3.05) is 25.6 Å². The summed E-state index contributed by atoms with van der Waals surface area (Å²) < 4.78 is 10.8. The molecule has 29 heavy (non-hydrogen) atoms. The Kier molecular flexibility index (Phi) is 8.02. The zero-order valence-corrected chi connectivity index (χ0v) is 16.0. The van der Waals surface area contributed by atoms with E-state index in [-0.39, 0.29) is 24.6 Å². The molecule has 7 nitrogen and oxygen atoms in total. The highest BCUT2D eigenvalue weighted by atomic mass is 16.5. The lowest BCUT2D eigenvalue weighted by Crippen LogP contribution is -2.24. The molecule has 2 aromatic rings. The third kappa shape index (κ3) is 6.56. The second-order valence-electron chi connectivity index (χ2n) is 5.78. The van der Waals surface area contributed by atoms with Crippen LogP contribution >= 0.6 is 0 Å². The van der Waals surface area contributed by atoms with E-state index < -0.39 is 5.91 Å². The number of nitrogens with zero attached hydrogens (tertiary/aromatic N) is 1. The van der Waals surface area contributed by atoms with Crippen LogP contribution in [0.3, 0.4) is 0 Å². The molecule has 7 heteroatoms. The molecule has 0 aliphatic rings. The first-order valence-corrected chi connectivity index (χ1v) is 8.74. The molecular weight excluding hydrogens is 370 g/mol. The number of hydrogen-bond donors (Lipinski definition) is 2. The molecule has 0 unspecified atom stereocenters. The Morgan fingerprint density at radius 2 is 1.93 bits per heavy atom. The molecule has 0 fully saturated rings. The van der Waals surface area contributed by atoms with Crippen molar-refractivity contribution in [2.45, 2.75) is 0 Å². The molecule has 0 saturated heterocycles. The second kappa shape index (κ2) is 10.9. The van der Waals surface area contributed by atoms with E-state index in [9.17, 15) is 14.9 Å². The molecule has 0 atom stereocenters. The highest BCUT2D eigenvalue weighted by molar-refractivity contribution is 6.01. The maximum Gasteiger partial charge on any atom is 0.262 e. The number of benzene rings is 2. The number of methoxy groups -OCH3 is 1. The van der Waals surface area contributed by atoms with Gasteiger partial charge in [0.25, 0.3) is 11.8 Å². The summed E-state index contributed by atoms with van der Waals surface area (Å²) in [6.07, 6.45) is 2.96. The van der Waals surface area contributed by atoms with Gasteiger partial charge in [0.05, 0.1) is 7.11 Å². The van der Waals surface area contributed by atoms with Gasteiger partial charge in [0.1, 0.15) is 11.6 Å². The van der Waals surface area contributed by atoms with Crippen LogP contribution in [0.15, 0.2) is 66.8 Å². The molecule has 2 amide bonds. The number of carbonyl (C=O) groups is 2. The Hall–Kier alpha value is -4.05. The van der Waals surface area contributed by atoms with E-state index in [4.69, 9.17) is 9.47 Å². The molecule has 0 aliphatic heterocycles. The van der Waals surface area contributed by atoms with E-state index in [2.05, 4.69) is 17.2 Å². The number of nitriles is 1. The van der Waals surface area contributed by atoms with Crippen LogP contribution in [0.5, 0.6) is 11.5 Å². The standard InChI is InChI=1S/C22H21N3O4/c1-3-11-24-22(27)17(14-23)12-16-9-10-19(20(13-16)28-2)29-15-21(26)25-18-7-5-4-6-8-18/h3-10,12-13H,1,11,15H2,2H3,(H,24,27)(H,25,26). The summed E-state index contributed by atoms with van der Waals surface area (Å²) in [6, 6.07) is 15.8. The van der Waals surface area contributed by atoms with Crippen LogP contribution in [0.2, 0.25) is 0 Å². The quantitative estimate of drug-likeness (QED) is 0.389. The Morgan fingerprint density at radius 1 is 1.17 bits per heavy atom. The number of rotatable bonds is 9. The van der Waals surface area contributed by atoms with Crippen molar-refractivity contribution in [1.82, 2.24) is 5.32 Å². The summed E-state index contributed by atoms with van der Waals surface area (Å²) in [4.78, 5) is 24.0. The van der Waals surface area contributed by atoms with Crippen molar-refractivity contribution >= 4 is 23.6 Å². The minimum atomic E-state index is -0.496. The SMILES string of the molecule is C=CCNC(=O)C(C#N)=Cc1ccc(OCC(=O)Nc2ccccc2)c(OC)c1. The van der Waals surface area contributed by atoms with Gasteiger partial charge < -0.3 is 20.1 Å². The van der Waals surface area contributed by atoms with Crippen molar-refractivity contribution < 1.29 is 19.1 Å². The highest BCUT2D eigenvalue weighted by Gasteiger charge is 2.11. The van der Waals surface area contributed by atoms with Crippen LogP contribution in [0.25, 0.3) is 6.08 Å². The van der Waals surface area contributed by atoms with Gasteiger partial charge in [-0.25, -0.2) is 0 Å². The van der Waals surface area contributed by atoms with E-state index in [0.29, 0.717) is 22.7 Å². The third-order valence-electron chi connectivity index (χ3n) is 3.69. The van der Waals surface area contributed by atoms with Crippen molar-refractivity contribution in [2.24, 2.45) is 0 Å². The molecule has 0 aliphatic carbocycles. The van der Waals surface area contributed by atoms with Crippen molar-refractivity contribution in [3.05, 3.63) is 72.3 Å². The van der Waals surface area contributed by atoms with Crippen LogP contribution in [0.1, 0.15) is 5.56 Å². The van der Waals surface area contributed by atoms with Crippen LogP contribution in [-0.4, -0.2) is 32.1 Å². The van der Waals surface area contributed by atoms with Crippen LogP contribution in [0.4, 0.5) is 5.69 Å². The van der Waals surface area contributed by atoms with E-state index >= 15 is 0 Å². The molecule has 0 heterocycles. The fraction of sp³-hybridized carbons (Fsp3) is 0.136. The maximum atomic E-state index is 12.0. The number of amides is 2. The third-order valence-corrected chi connectivity index (χ3v) is 3.69. The first-order valence-electron chi connectivity index (χ1n) is 8.74. The van der Waals surface area contributed by atoms with Crippen molar-refractivity contribution in [3.63, 3.8) is 0 Å². The van der Waals surface area contributed by atoms with Gasteiger partial charge in [0, 0.05) is 12.2 Å². The van der Waals surface area contributed by atoms with Gasteiger partial charge in [-0.05, 0) is 35.9 Å². The van der Waals surface area contributed by atoms with Gasteiger partial charge in [0.15, 0.2) is 18.1 Å². The van der Waals surface area contributed by atoms with E-state index in [1.807, 2.05) is 24.3 Å². The number of para-hydroxylation sites is 1. The molecule has 0 radical (unpaired) electrons. The number of ether oxygens (including phenoxy) is 2. The summed E-state index contributed by atoms with van der Waals surface area (Å²) in [5.74, 6) is -0.0744. The summed E-state index contributed by atoms with van der Waals surface area (Å²) in [6.45, 7) is 3.57. The predicted octanol–water partition coefficient (Wildman–Crippen LogP) is 2.92. The molecule has 0 aromatic heterocycles. The first-order chi connectivity index (χ1) is 14.1. The molecule has 2 aromatic carbocycles. The topological polar surface area (TPSA) is 100 Å². The molecule has 0 saturated carbocycles. The number of anilines is 1. The van der Waals surface area contributed by atoms with Gasteiger partial charge in [0.2, 0.25) is 0 Å².